The van der Waals surface area contributed by atoms with Crippen LogP contribution < -0.4 is 10.6 Å². The van der Waals surface area contributed by atoms with Crippen LogP contribution in [0, 0.1) is 28.7 Å². The molecule has 0 bridgehead atoms. The molecule has 2 heterocycles. The summed E-state index contributed by atoms with van der Waals surface area (Å²) in [5.41, 5.74) is 1.42. The molecule has 146 valence electrons. The molecule has 0 fully saturated rings. The first kappa shape index (κ1) is 18.6. The van der Waals surface area contributed by atoms with Crippen LogP contribution in [0.5, 0.6) is 0 Å². The van der Waals surface area contributed by atoms with Crippen molar-refractivity contribution < 1.29 is 13.7 Å². The van der Waals surface area contributed by atoms with Crippen molar-refractivity contribution in [1.29, 1.82) is 0 Å². The van der Waals surface area contributed by atoms with Crippen LogP contribution in [0.2, 0.25) is 0 Å². The molecular formula is C18H12F2N6O2S. The summed E-state index contributed by atoms with van der Waals surface area (Å²) in [6.07, 6.45) is 1.12. The number of fused-ring (bicyclic) bond motifs is 1. The van der Waals surface area contributed by atoms with E-state index in [1.165, 1.54) is 17.4 Å². The van der Waals surface area contributed by atoms with E-state index in [-0.39, 0.29) is 17.3 Å². The normalized spacial score (nSPS) is 10.9. The Balaban J connectivity index is 1.71. The number of aryl methyl sites for hydroxylation is 1. The predicted molar refractivity (Wildman–Crippen MR) is 106 cm³/mol. The topological polar surface area (TPSA) is 106 Å². The summed E-state index contributed by atoms with van der Waals surface area (Å²) in [7, 11) is 0. The van der Waals surface area contributed by atoms with Gasteiger partial charge in [0.25, 0.3) is 0 Å². The second-order valence-corrected chi connectivity index (χ2v) is 7.03. The number of thiazole rings is 1. The standard InChI is InChI=1S/C18H12F2N6O2S/c1-9-3-2-4-13-14(9)24-18(29-13)25-17-15(26(27)28)16(21-8-22-17)23-10-5-6-11(19)12(20)7-10/h2-8H,1H3,(H2,21,22,23,24,25). The molecule has 2 N–H and O–H groups in total. The van der Waals surface area contributed by atoms with E-state index >= 15 is 0 Å². The van der Waals surface area contributed by atoms with Gasteiger partial charge in [0, 0.05) is 11.8 Å². The molecule has 0 aliphatic carbocycles. The van der Waals surface area contributed by atoms with Crippen molar-refractivity contribution in [2.45, 2.75) is 6.92 Å². The van der Waals surface area contributed by atoms with Crippen LogP contribution in [0.15, 0.2) is 42.7 Å². The Morgan fingerprint density at radius 3 is 2.52 bits per heavy atom. The lowest BCUT2D eigenvalue weighted by Crippen LogP contribution is -2.05. The maximum absolute atomic E-state index is 13.4. The minimum Gasteiger partial charge on any atom is -0.334 e. The highest BCUT2D eigenvalue weighted by molar-refractivity contribution is 7.22. The first-order valence-corrected chi connectivity index (χ1v) is 9.08. The lowest BCUT2D eigenvalue weighted by atomic mass is 10.2. The van der Waals surface area contributed by atoms with Gasteiger partial charge in [-0.1, -0.05) is 23.5 Å². The van der Waals surface area contributed by atoms with Crippen LogP contribution >= 0.6 is 11.3 Å². The number of para-hydroxylation sites is 1. The summed E-state index contributed by atoms with van der Waals surface area (Å²) in [6.45, 7) is 1.92. The Kier molecular flexibility index (Phi) is 4.72. The summed E-state index contributed by atoms with van der Waals surface area (Å²) < 4.78 is 27.5. The van der Waals surface area contributed by atoms with Gasteiger partial charge in [-0.15, -0.1) is 0 Å². The molecule has 0 aliphatic heterocycles. The average molecular weight is 414 g/mol. The maximum atomic E-state index is 13.4. The van der Waals surface area contributed by atoms with Crippen molar-refractivity contribution in [3.63, 3.8) is 0 Å². The quantitative estimate of drug-likeness (QED) is 0.347. The van der Waals surface area contributed by atoms with E-state index in [2.05, 4.69) is 25.6 Å². The zero-order valence-corrected chi connectivity index (χ0v) is 15.6. The smallest absolute Gasteiger partial charge is 0.334 e. The summed E-state index contributed by atoms with van der Waals surface area (Å²) in [4.78, 5) is 23.3. The Morgan fingerprint density at radius 1 is 1.07 bits per heavy atom. The van der Waals surface area contributed by atoms with Crippen LogP contribution in [0.25, 0.3) is 10.2 Å². The molecule has 0 aliphatic rings. The molecule has 0 radical (unpaired) electrons. The molecule has 0 spiro atoms. The lowest BCUT2D eigenvalue weighted by molar-refractivity contribution is -0.383. The molecule has 29 heavy (non-hydrogen) atoms. The van der Waals surface area contributed by atoms with E-state index in [0.29, 0.717) is 5.13 Å². The number of rotatable bonds is 5. The SMILES string of the molecule is Cc1cccc2sc(Nc3ncnc(Nc4ccc(F)c(F)c4)c3[N+](=O)[O-])nc12. The second-order valence-electron chi connectivity index (χ2n) is 6.00. The van der Waals surface area contributed by atoms with E-state index in [1.807, 2.05) is 25.1 Å². The fourth-order valence-corrected chi connectivity index (χ4v) is 3.63. The third kappa shape index (κ3) is 3.67. The van der Waals surface area contributed by atoms with Crippen LogP contribution in [-0.4, -0.2) is 19.9 Å². The number of hydrogen-bond donors (Lipinski definition) is 2. The van der Waals surface area contributed by atoms with Gasteiger partial charge in [-0.3, -0.25) is 10.1 Å². The van der Waals surface area contributed by atoms with Crippen LogP contribution in [0.3, 0.4) is 0 Å². The van der Waals surface area contributed by atoms with E-state index in [4.69, 9.17) is 0 Å². The van der Waals surface area contributed by atoms with Gasteiger partial charge >= 0.3 is 5.69 Å². The largest absolute Gasteiger partial charge is 0.353 e. The molecule has 0 atom stereocenters. The second kappa shape index (κ2) is 7.36. The minimum absolute atomic E-state index is 0.0770. The number of benzene rings is 2. The molecule has 4 aromatic rings. The lowest BCUT2D eigenvalue weighted by Gasteiger charge is -2.09. The fourth-order valence-electron chi connectivity index (χ4n) is 2.69. The molecule has 4 rings (SSSR count). The van der Waals surface area contributed by atoms with Gasteiger partial charge in [-0.05, 0) is 30.7 Å². The Labute approximate surface area is 166 Å². The van der Waals surface area contributed by atoms with Crippen molar-refractivity contribution >= 4 is 49.7 Å². The third-order valence-corrected chi connectivity index (χ3v) is 4.97. The third-order valence-electron chi connectivity index (χ3n) is 4.03. The van der Waals surface area contributed by atoms with Gasteiger partial charge in [0.1, 0.15) is 6.33 Å². The Bertz CT molecular complexity index is 1250. The molecule has 0 saturated carbocycles. The highest BCUT2D eigenvalue weighted by Gasteiger charge is 2.24. The number of nitrogens with one attached hydrogen (secondary N) is 2. The van der Waals surface area contributed by atoms with Gasteiger partial charge in [-0.25, -0.2) is 23.7 Å². The number of halogens is 2. The number of aromatic nitrogens is 3. The molecular weight excluding hydrogens is 402 g/mol. The van der Waals surface area contributed by atoms with Crippen molar-refractivity contribution in [2.75, 3.05) is 10.6 Å². The van der Waals surface area contributed by atoms with Gasteiger partial charge < -0.3 is 10.6 Å². The first-order valence-electron chi connectivity index (χ1n) is 8.27. The first-order chi connectivity index (χ1) is 13.9. The van der Waals surface area contributed by atoms with Gasteiger partial charge in [0.05, 0.1) is 15.1 Å². The summed E-state index contributed by atoms with van der Waals surface area (Å²) in [5, 5.41) is 17.6. The summed E-state index contributed by atoms with van der Waals surface area (Å²) in [6, 6.07) is 8.75. The monoisotopic (exact) mass is 414 g/mol. The van der Waals surface area contributed by atoms with Crippen LogP contribution in [0.1, 0.15) is 5.56 Å². The molecule has 0 saturated heterocycles. The summed E-state index contributed by atoms with van der Waals surface area (Å²) in [5.74, 6) is -2.36. The van der Waals surface area contributed by atoms with E-state index in [1.54, 1.807) is 0 Å². The van der Waals surface area contributed by atoms with Gasteiger partial charge in [0.2, 0.25) is 11.6 Å². The van der Waals surface area contributed by atoms with E-state index in [0.717, 1.165) is 34.2 Å². The minimum atomic E-state index is -1.09. The van der Waals surface area contributed by atoms with Crippen LogP contribution in [0.4, 0.5) is 36.9 Å². The Morgan fingerprint density at radius 2 is 1.83 bits per heavy atom. The van der Waals surface area contributed by atoms with E-state index < -0.39 is 22.2 Å². The fraction of sp³-hybridized carbons (Fsp3) is 0.0556. The molecule has 2 aromatic heterocycles. The highest BCUT2D eigenvalue weighted by atomic mass is 32.1. The molecule has 0 unspecified atom stereocenters. The summed E-state index contributed by atoms with van der Waals surface area (Å²) >= 11 is 1.32. The highest BCUT2D eigenvalue weighted by Crippen LogP contribution is 2.35. The number of anilines is 4. The van der Waals surface area contributed by atoms with Crippen LogP contribution in [-0.2, 0) is 0 Å². The molecule has 0 amide bonds. The predicted octanol–water partition coefficient (Wildman–Crippen LogP) is 5.07. The molecule has 2 aromatic carbocycles. The van der Waals surface area contributed by atoms with Gasteiger partial charge in [0.15, 0.2) is 16.8 Å². The molecule has 11 heteroatoms. The van der Waals surface area contributed by atoms with Crippen molar-refractivity contribution in [3.8, 4) is 0 Å². The van der Waals surface area contributed by atoms with E-state index in [9.17, 15) is 18.9 Å². The van der Waals surface area contributed by atoms with Crippen molar-refractivity contribution in [3.05, 3.63) is 70.0 Å². The number of nitrogens with zero attached hydrogens (tertiary/aromatic N) is 4. The molecule has 8 nitrogen and oxygen atoms in total. The van der Waals surface area contributed by atoms with Gasteiger partial charge in [-0.2, -0.15) is 0 Å². The number of hydrogen-bond acceptors (Lipinski definition) is 8. The zero-order valence-electron chi connectivity index (χ0n) is 14.8. The Hall–Kier alpha value is -3.73. The number of nitro groups is 1. The van der Waals surface area contributed by atoms with Crippen molar-refractivity contribution in [2.24, 2.45) is 0 Å². The average Bonchev–Trinajstić information content (AvgIpc) is 3.08. The zero-order chi connectivity index (χ0) is 20.5. The maximum Gasteiger partial charge on any atom is 0.353 e. The van der Waals surface area contributed by atoms with Crippen molar-refractivity contribution in [1.82, 2.24) is 15.0 Å².